The van der Waals surface area contributed by atoms with Crippen molar-refractivity contribution in [2.75, 3.05) is 32.9 Å². The van der Waals surface area contributed by atoms with Gasteiger partial charge in [0, 0.05) is 19.5 Å². The van der Waals surface area contributed by atoms with Crippen LogP contribution in [0.25, 0.3) is 0 Å². The summed E-state index contributed by atoms with van der Waals surface area (Å²) in [5, 5.41) is 21.6. The Morgan fingerprint density at radius 1 is 1.29 bits per heavy atom. The topological polar surface area (TPSA) is 99.1 Å². The van der Waals surface area contributed by atoms with Gasteiger partial charge in [-0.3, -0.25) is 9.59 Å². The molecule has 7 nitrogen and oxygen atoms in total. The van der Waals surface area contributed by atoms with Crippen molar-refractivity contribution in [3.05, 3.63) is 0 Å². The third-order valence-corrected chi connectivity index (χ3v) is 3.97. The van der Waals surface area contributed by atoms with Crippen LogP contribution in [0.15, 0.2) is 0 Å². The minimum Gasteiger partial charge on any atom is -0.394 e. The van der Waals surface area contributed by atoms with Gasteiger partial charge in [-0.25, -0.2) is 0 Å². The van der Waals surface area contributed by atoms with E-state index in [2.05, 4.69) is 11.2 Å². The predicted octanol–water partition coefficient (Wildman–Crippen LogP) is -0.343. The number of β-amino-alcohol motifs (C(OH)–C–C–N with tert-alkyl or cyclic N) is 1. The summed E-state index contributed by atoms with van der Waals surface area (Å²) in [6.45, 7) is 1.30. The minimum absolute atomic E-state index is 0.0275. The number of terminal acetylenes is 1. The molecular weight excluding hydrogens is 312 g/mol. The number of aliphatic hydroxyl groups is 2. The Kier molecular flexibility index (Phi) is 10.1. The quantitative estimate of drug-likeness (QED) is 0.353. The highest BCUT2D eigenvalue weighted by Gasteiger charge is 2.33. The van der Waals surface area contributed by atoms with Gasteiger partial charge >= 0.3 is 0 Å². The lowest BCUT2D eigenvalue weighted by Crippen LogP contribution is -2.37. The third kappa shape index (κ3) is 7.77. The summed E-state index contributed by atoms with van der Waals surface area (Å²) in [5.74, 6) is 2.24. The second-order valence-electron chi connectivity index (χ2n) is 5.94. The van der Waals surface area contributed by atoms with Gasteiger partial charge < -0.3 is 25.2 Å². The number of unbranched alkanes of at least 4 members (excludes halogenated alkanes) is 2. The first-order chi connectivity index (χ1) is 11.6. The summed E-state index contributed by atoms with van der Waals surface area (Å²) in [5.41, 5.74) is 0. The highest BCUT2D eigenvalue weighted by atomic mass is 16.5. The Labute approximate surface area is 143 Å². The average Bonchev–Trinajstić information content (AvgIpc) is 2.95. The maximum Gasteiger partial charge on any atom is 0.222 e. The summed E-state index contributed by atoms with van der Waals surface area (Å²) < 4.78 is 5.02. The molecule has 0 radical (unpaired) electrons. The number of ether oxygens (including phenoxy) is 1. The molecule has 0 aromatic rings. The number of likely N-dealkylation sites (tertiary alicyclic amines) is 1. The molecule has 0 aliphatic carbocycles. The van der Waals surface area contributed by atoms with Crippen LogP contribution in [0.1, 0.15) is 38.5 Å². The van der Waals surface area contributed by atoms with Crippen molar-refractivity contribution in [3.8, 4) is 12.3 Å². The molecular formula is C17H28N2O5. The maximum atomic E-state index is 12.1. The van der Waals surface area contributed by atoms with Crippen molar-refractivity contribution in [1.29, 1.82) is 0 Å². The summed E-state index contributed by atoms with van der Waals surface area (Å²) in [6.07, 6.45) is 7.99. The Bertz CT molecular complexity index is 435. The molecule has 2 atom stereocenters. The fraction of sp³-hybridized carbons (Fsp3) is 0.765. The van der Waals surface area contributed by atoms with E-state index in [0.717, 1.165) is 19.3 Å². The predicted molar refractivity (Wildman–Crippen MR) is 89.0 cm³/mol. The van der Waals surface area contributed by atoms with Gasteiger partial charge in [0.1, 0.15) is 6.61 Å². The molecule has 1 aliphatic heterocycles. The second kappa shape index (κ2) is 11.8. The molecule has 0 aromatic carbocycles. The number of hydrogen-bond acceptors (Lipinski definition) is 5. The average molecular weight is 340 g/mol. The van der Waals surface area contributed by atoms with Crippen molar-refractivity contribution in [1.82, 2.24) is 10.2 Å². The molecule has 1 saturated heterocycles. The molecule has 1 aliphatic rings. The zero-order valence-corrected chi connectivity index (χ0v) is 14.1. The zero-order chi connectivity index (χ0) is 17.8. The summed E-state index contributed by atoms with van der Waals surface area (Å²) in [4.78, 5) is 25.1. The van der Waals surface area contributed by atoms with Crippen LogP contribution in [0.3, 0.4) is 0 Å². The normalized spacial score (nSPS) is 20.0. The van der Waals surface area contributed by atoms with Crippen LogP contribution in [0.2, 0.25) is 0 Å². The van der Waals surface area contributed by atoms with E-state index in [1.807, 2.05) is 0 Å². The monoisotopic (exact) mass is 340 g/mol. The van der Waals surface area contributed by atoms with Crippen molar-refractivity contribution >= 4 is 11.8 Å². The molecule has 1 unspecified atom stereocenters. The molecule has 136 valence electrons. The summed E-state index contributed by atoms with van der Waals surface area (Å²) in [7, 11) is 0. The molecule has 2 amide bonds. The van der Waals surface area contributed by atoms with Gasteiger partial charge in [0.25, 0.3) is 0 Å². The third-order valence-electron chi connectivity index (χ3n) is 3.97. The van der Waals surface area contributed by atoms with Crippen LogP contribution in [0.5, 0.6) is 0 Å². The molecule has 24 heavy (non-hydrogen) atoms. The first-order valence-electron chi connectivity index (χ1n) is 8.44. The number of rotatable bonds is 11. The number of carbonyl (C=O) groups excluding carboxylic acids is 2. The van der Waals surface area contributed by atoms with Crippen molar-refractivity contribution in [2.24, 2.45) is 0 Å². The Morgan fingerprint density at radius 2 is 2.08 bits per heavy atom. The zero-order valence-electron chi connectivity index (χ0n) is 14.1. The Morgan fingerprint density at radius 3 is 2.79 bits per heavy atom. The smallest absolute Gasteiger partial charge is 0.222 e. The lowest BCUT2D eigenvalue weighted by Gasteiger charge is -2.22. The molecule has 1 fully saturated rings. The van der Waals surface area contributed by atoms with Gasteiger partial charge in [-0.15, -0.1) is 6.42 Å². The van der Waals surface area contributed by atoms with Crippen LogP contribution >= 0.6 is 0 Å². The maximum absolute atomic E-state index is 12.1. The Balaban J connectivity index is 2.03. The standard InChI is InChI=1S/C17H28N2O5/c1-2-9-24-10-7-16(22)18-8-5-3-4-6-17(23)19-12-15(21)11-14(19)13-20/h1,14-15,20-21H,3-13H2,(H,18,22)/t14?,15-/m1/s1. The fourth-order valence-electron chi connectivity index (χ4n) is 2.70. The largest absolute Gasteiger partial charge is 0.394 e. The van der Waals surface area contributed by atoms with Gasteiger partial charge in [-0.1, -0.05) is 12.3 Å². The van der Waals surface area contributed by atoms with Crippen LogP contribution in [0, 0.1) is 12.3 Å². The second-order valence-corrected chi connectivity index (χ2v) is 5.94. The van der Waals surface area contributed by atoms with E-state index in [0.29, 0.717) is 39.0 Å². The van der Waals surface area contributed by atoms with Gasteiger partial charge in [-0.2, -0.15) is 0 Å². The van der Waals surface area contributed by atoms with E-state index in [-0.39, 0.29) is 31.1 Å². The number of hydrogen-bond donors (Lipinski definition) is 3. The van der Waals surface area contributed by atoms with E-state index < -0.39 is 6.10 Å². The highest BCUT2D eigenvalue weighted by Crippen LogP contribution is 2.19. The number of carbonyl (C=O) groups is 2. The minimum atomic E-state index is -0.536. The van der Waals surface area contributed by atoms with Crippen LogP contribution in [-0.2, 0) is 14.3 Å². The van der Waals surface area contributed by atoms with Crippen LogP contribution < -0.4 is 5.32 Å². The van der Waals surface area contributed by atoms with Gasteiger partial charge in [0.15, 0.2) is 0 Å². The fourth-order valence-corrected chi connectivity index (χ4v) is 2.70. The van der Waals surface area contributed by atoms with E-state index in [1.54, 1.807) is 4.90 Å². The molecule has 7 heteroatoms. The summed E-state index contributed by atoms with van der Waals surface area (Å²) >= 11 is 0. The molecule has 0 saturated carbocycles. The number of aliphatic hydroxyl groups excluding tert-OH is 2. The lowest BCUT2D eigenvalue weighted by molar-refractivity contribution is -0.133. The first kappa shape index (κ1) is 20.4. The van der Waals surface area contributed by atoms with Crippen LogP contribution in [-0.4, -0.2) is 72.0 Å². The molecule has 0 spiro atoms. The summed E-state index contributed by atoms with van der Waals surface area (Å²) in [6, 6.07) is -0.261. The van der Waals surface area contributed by atoms with Gasteiger partial charge in [0.05, 0.1) is 31.8 Å². The molecule has 0 bridgehead atoms. The van der Waals surface area contributed by atoms with Crippen molar-refractivity contribution < 1.29 is 24.5 Å². The van der Waals surface area contributed by atoms with E-state index in [9.17, 15) is 19.8 Å². The van der Waals surface area contributed by atoms with E-state index in [1.165, 1.54) is 0 Å². The first-order valence-corrected chi connectivity index (χ1v) is 8.44. The molecule has 3 N–H and O–H groups in total. The Hall–Kier alpha value is -1.62. The van der Waals surface area contributed by atoms with Crippen LogP contribution in [0.4, 0.5) is 0 Å². The van der Waals surface area contributed by atoms with Crippen molar-refractivity contribution in [3.63, 3.8) is 0 Å². The van der Waals surface area contributed by atoms with Gasteiger partial charge in [-0.05, 0) is 19.3 Å². The molecule has 1 rings (SSSR count). The van der Waals surface area contributed by atoms with E-state index >= 15 is 0 Å². The lowest BCUT2D eigenvalue weighted by atomic mass is 10.1. The van der Waals surface area contributed by atoms with E-state index in [4.69, 9.17) is 11.2 Å². The molecule has 1 heterocycles. The SMILES string of the molecule is C#CCOCCC(=O)NCCCCCC(=O)N1C[C@H](O)CC1CO. The number of amides is 2. The highest BCUT2D eigenvalue weighted by molar-refractivity contribution is 5.77. The number of nitrogens with zero attached hydrogens (tertiary/aromatic N) is 1. The van der Waals surface area contributed by atoms with Crippen molar-refractivity contribution in [2.45, 2.75) is 50.7 Å². The number of nitrogens with one attached hydrogen (secondary N) is 1. The molecule has 0 aromatic heterocycles. The van der Waals surface area contributed by atoms with Gasteiger partial charge in [0.2, 0.25) is 11.8 Å².